The topological polar surface area (TPSA) is 206 Å². The van der Waals surface area contributed by atoms with Gasteiger partial charge in [0.15, 0.2) is 5.78 Å². The van der Waals surface area contributed by atoms with Crippen molar-refractivity contribution in [3.63, 3.8) is 0 Å². The number of hydrogen-bond acceptors (Lipinski definition) is 14. The summed E-state index contributed by atoms with van der Waals surface area (Å²) in [5, 5.41) is 31.7. The van der Waals surface area contributed by atoms with Gasteiger partial charge in [-0.05, 0) is 41.5 Å². The highest BCUT2D eigenvalue weighted by Crippen LogP contribution is 2.30. The first-order valence-electron chi connectivity index (χ1n) is 20.5. The van der Waals surface area contributed by atoms with Crippen LogP contribution in [0.4, 0.5) is 0 Å². The van der Waals surface area contributed by atoms with Gasteiger partial charge in [0.1, 0.15) is 40.2 Å². The van der Waals surface area contributed by atoms with Crippen LogP contribution in [0.2, 0.25) is 0 Å². The second-order valence-electron chi connectivity index (χ2n) is 13.6. The van der Waals surface area contributed by atoms with Gasteiger partial charge in [-0.25, -0.2) is 0 Å². The third-order valence-corrected chi connectivity index (χ3v) is 7.78. The number of carbonyl (C=O) groups is 4. The highest BCUT2D eigenvalue weighted by Gasteiger charge is 2.44. The molecule has 1 unspecified atom stereocenters. The van der Waals surface area contributed by atoms with E-state index in [1.807, 2.05) is 20.8 Å². The number of aromatic nitrogens is 9. The van der Waals surface area contributed by atoms with Gasteiger partial charge in [0.25, 0.3) is 0 Å². The maximum absolute atomic E-state index is 12.5. The summed E-state index contributed by atoms with van der Waals surface area (Å²) < 4.78 is 72.9. The van der Waals surface area contributed by atoms with Gasteiger partial charge in [-0.1, -0.05) is 15.6 Å². The maximum atomic E-state index is 12.5. The van der Waals surface area contributed by atoms with Crippen molar-refractivity contribution in [3.05, 3.63) is 35.7 Å². The normalized spacial score (nSPS) is 30.9. The van der Waals surface area contributed by atoms with E-state index in [4.69, 9.17) is 17.1 Å². The fraction of sp³-hybridized carbons (Fsp3) is 0.688. The SMILES string of the molecule is [2H][13C]([2H])([2H])n1cc([C@@H]2CC(=O)C[C@H](C)N2)nn1.[2H][13C]([2H])([2H])n1cc([C@@H]2CC(=O)C[C@H](C)N2)nn1.[2H][13C]([2H])([2H])n1cc([C@H]2N[C@@H](C)CC(=O)C2C(=O)OC(C)(C)C)nn1. The maximum Gasteiger partial charge on any atom is 0.319 e. The molecule has 3 aliphatic heterocycles. The molecule has 3 fully saturated rings. The smallest absolute Gasteiger partial charge is 0.319 e. The van der Waals surface area contributed by atoms with E-state index in [1.54, 1.807) is 20.8 Å². The van der Waals surface area contributed by atoms with Crippen LogP contribution in [0.15, 0.2) is 18.6 Å². The van der Waals surface area contributed by atoms with Crippen LogP contribution in [0.5, 0.6) is 0 Å². The number of nitrogens with one attached hydrogen (secondary N) is 3. The Labute approximate surface area is 298 Å². The van der Waals surface area contributed by atoms with E-state index < -0.39 is 44.5 Å². The Hall–Kier alpha value is -4.22. The lowest BCUT2D eigenvalue weighted by Gasteiger charge is -2.34. The lowest BCUT2D eigenvalue weighted by Crippen LogP contribution is -2.50. The monoisotopic (exact) mass is 694 g/mol. The van der Waals surface area contributed by atoms with Crippen LogP contribution in [-0.4, -0.2) is 92.0 Å². The van der Waals surface area contributed by atoms with E-state index >= 15 is 0 Å². The zero-order valence-electron chi connectivity index (χ0n) is 37.4. The minimum absolute atomic E-state index is 0.0826. The van der Waals surface area contributed by atoms with Crippen molar-refractivity contribution in [3.8, 4) is 0 Å². The van der Waals surface area contributed by atoms with E-state index in [1.165, 1.54) is 18.6 Å². The third kappa shape index (κ3) is 10.9. The van der Waals surface area contributed by atoms with Gasteiger partial charge in [-0.2, -0.15) is 0 Å². The number of hydrogen-bond donors (Lipinski definition) is 3. The summed E-state index contributed by atoms with van der Waals surface area (Å²) in [4.78, 5) is 47.8. The predicted molar refractivity (Wildman–Crippen MR) is 176 cm³/mol. The van der Waals surface area contributed by atoms with Crippen LogP contribution >= 0.6 is 0 Å². The summed E-state index contributed by atoms with van der Waals surface area (Å²) >= 11 is 0. The Bertz CT molecular complexity index is 1840. The molecule has 0 amide bonds. The van der Waals surface area contributed by atoms with E-state index in [9.17, 15) is 19.2 Å². The molecule has 0 spiro atoms. The summed E-state index contributed by atoms with van der Waals surface area (Å²) in [5.74, 6) is -1.68. The summed E-state index contributed by atoms with van der Waals surface area (Å²) in [5.41, 5.74) is 0.491. The van der Waals surface area contributed by atoms with E-state index in [-0.39, 0.29) is 59.7 Å². The lowest BCUT2D eigenvalue weighted by molar-refractivity contribution is -0.164. The molecule has 3 aliphatic rings. The zero-order chi connectivity index (χ0) is 43.5. The van der Waals surface area contributed by atoms with Gasteiger partial charge < -0.3 is 20.7 Å². The fourth-order valence-corrected chi connectivity index (χ4v) is 5.86. The van der Waals surface area contributed by atoms with Crippen molar-refractivity contribution in [2.45, 2.75) is 115 Å². The van der Waals surface area contributed by atoms with Gasteiger partial charge >= 0.3 is 5.97 Å². The van der Waals surface area contributed by atoms with Crippen molar-refractivity contribution < 1.29 is 36.3 Å². The standard InChI is InChI=1S/C14H22N4O3.2C9H14N4O/c1-8-6-10(19)11(13(20)21-14(2,3)4)12(15-8)9-7-18(5)17-16-9;2*1-6-3-7(14)4-8(10-6)9-5-13(2)12-11-9/h7-8,11-12,15H,6H2,1-5H3;2*5-6,8,10H,3-4H2,1-2H3/t8-,11?,12+;2*6-,8-/m000/s1/i5+1D3;2*2+1D3. The van der Waals surface area contributed by atoms with Crippen molar-refractivity contribution in [1.29, 1.82) is 0 Å². The van der Waals surface area contributed by atoms with Crippen LogP contribution in [-0.2, 0) is 44.8 Å². The molecule has 0 aliphatic carbocycles. The molecule has 3 saturated heterocycles. The Morgan fingerprint density at radius 2 is 1.14 bits per heavy atom. The van der Waals surface area contributed by atoms with E-state index in [2.05, 4.69) is 46.9 Å². The predicted octanol–water partition coefficient (Wildman–Crippen LogP) is 1.16. The summed E-state index contributed by atoms with van der Waals surface area (Å²) in [6.07, 6.45) is 5.84. The molecule has 0 bridgehead atoms. The Balaban J connectivity index is 0.000000197. The van der Waals surface area contributed by atoms with Gasteiger partial charge in [0, 0.05) is 102 Å². The Morgan fingerprint density at radius 3 is 1.55 bits per heavy atom. The highest BCUT2D eigenvalue weighted by atomic mass is 16.6. The fourth-order valence-electron chi connectivity index (χ4n) is 5.86. The molecule has 0 radical (unpaired) electrons. The molecule has 6 rings (SSSR count). The molecule has 6 heterocycles. The molecule has 268 valence electrons. The molecule has 3 aromatic heterocycles. The Morgan fingerprint density at radius 1 is 0.714 bits per heavy atom. The van der Waals surface area contributed by atoms with Crippen LogP contribution < -0.4 is 16.0 Å². The Kier molecular flexibility index (Phi) is 8.69. The number of nitrogens with zero attached hydrogens (tertiary/aromatic N) is 9. The molecular weight excluding hydrogens is 635 g/mol. The van der Waals surface area contributed by atoms with Crippen LogP contribution in [0, 0.1) is 5.92 Å². The number of piperidine rings is 3. The van der Waals surface area contributed by atoms with Gasteiger partial charge in [-0.3, -0.25) is 33.2 Å². The number of ether oxygens (including phenoxy) is 1. The van der Waals surface area contributed by atoms with Crippen LogP contribution in [0.1, 0.15) is 121 Å². The largest absolute Gasteiger partial charge is 0.459 e. The van der Waals surface area contributed by atoms with E-state index in [0.29, 0.717) is 37.1 Å². The summed E-state index contributed by atoms with van der Waals surface area (Å²) in [7, 11) is 0. The lowest BCUT2D eigenvalue weighted by atomic mass is 9.85. The average Bonchev–Trinajstić information content (AvgIpc) is 3.84. The summed E-state index contributed by atoms with van der Waals surface area (Å²) in [6.45, 7) is 3.67. The molecular formula is C32H50N12O5. The number of esters is 1. The van der Waals surface area contributed by atoms with E-state index in [0.717, 1.165) is 14.0 Å². The molecule has 49 heavy (non-hydrogen) atoms. The first-order valence-corrected chi connectivity index (χ1v) is 16.0. The van der Waals surface area contributed by atoms with Crippen LogP contribution in [0.25, 0.3) is 0 Å². The minimum atomic E-state index is -2.48. The van der Waals surface area contributed by atoms with Gasteiger partial charge in [0.05, 0.1) is 18.1 Å². The second kappa shape index (κ2) is 16.0. The van der Waals surface area contributed by atoms with Crippen LogP contribution in [0.3, 0.4) is 0 Å². The molecule has 3 aromatic rings. The quantitative estimate of drug-likeness (QED) is 0.199. The average molecular weight is 695 g/mol. The number of aryl methyl sites for hydroxylation is 3. The number of Topliss-reactive ketones (excluding diaryl/α,β-unsaturated/α-hetero) is 3. The summed E-state index contributed by atoms with van der Waals surface area (Å²) in [6, 6.07) is -1.24. The van der Waals surface area contributed by atoms with Crippen molar-refractivity contribution in [2.24, 2.45) is 26.8 Å². The molecule has 0 saturated carbocycles. The minimum Gasteiger partial charge on any atom is -0.459 e. The number of ketones is 3. The van der Waals surface area contributed by atoms with Crippen molar-refractivity contribution in [2.75, 3.05) is 0 Å². The molecule has 3 N–H and O–H groups in total. The highest BCUT2D eigenvalue weighted by molar-refractivity contribution is 6.00. The van der Waals surface area contributed by atoms with Gasteiger partial charge in [0.2, 0.25) is 0 Å². The number of carbonyl (C=O) groups excluding carboxylic acids is 4. The first-order chi connectivity index (χ1) is 26.6. The third-order valence-electron chi connectivity index (χ3n) is 7.78. The second-order valence-corrected chi connectivity index (χ2v) is 13.6. The molecule has 17 heteroatoms. The molecule has 0 aromatic carbocycles. The molecule has 17 nitrogen and oxygen atoms in total. The first kappa shape index (κ1) is 26.6. The van der Waals surface area contributed by atoms with Crippen molar-refractivity contribution >= 4 is 23.3 Å². The van der Waals surface area contributed by atoms with Crippen molar-refractivity contribution in [1.82, 2.24) is 60.9 Å². The zero-order valence-corrected chi connectivity index (χ0v) is 28.4. The number of rotatable bonds is 4. The molecule has 7 atom stereocenters. The van der Waals surface area contributed by atoms with Gasteiger partial charge in [-0.15, -0.1) is 15.3 Å².